The van der Waals surface area contributed by atoms with Gasteiger partial charge >= 0.3 is 11.9 Å². The number of hydrogen-bond acceptors (Lipinski definition) is 4. The van der Waals surface area contributed by atoms with Crippen LogP contribution in [0.1, 0.15) is 40.0 Å². The number of aromatic nitrogens is 2. The lowest BCUT2D eigenvalue weighted by atomic mass is 10.0. The smallest absolute Gasteiger partial charge is 0.337 e. The molecule has 5 rings (SSSR count). The fraction of sp³-hybridized carbons (Fsp3) is 0.129. The van der Waals surface area contributed by atoms with E-state index in [1.165, 1.54) is 0 Å². The molecular weight excluding hydrogens is 516 g/mol. The molecule has 2 aromatic heterocycles. The minimum atomic E-state index is -1.02. The summed E-state index contributed by atoms with van der Waals surface area (Å²) >= 11 is 6.08. The Morgan fingerprint density at radius 2 is 1.77 bits per heavy atom. The number of carbonyl (C=O) groups is 2. The van der Waals surface area contributed by atoms with Gasteiger partial charge in [0.05, 0.1) is 16.8 Å². The van der Waals surface area contributed by atoms with Gasteiger partial charge in [0.1, 0.15) is 12.4 Å². The zero-order chi connectivity index (χ0) is 27.4. The van der Waals surface area contributed by atoms with Crippen LogP contribution in [0.15, 0.2) is 79.0 Å². The molecule has 0 amide bonds. The van der Waals surface area contributed by atoms with Crippen molar-refractivity contribution in [2.75, 3.05) is 0 Å². The molecule has 5 aromatic rings. The van der Waals surface area contributed by atoms with E-state index in [1.54, 1.807) is 6.20 Å². The number of carboxylic acids is 2. The van der Waals surface area contributed by atoms with Gasteiger partial charge in [-0.25, -0.2) is 9.78 Å². The van der Waals surface area contributed by atoms with E-state index in [1.807, 2.05) is 89.5 Å². The van der Waals surface area contributed by atoms with Crippen LogP contribution >= 0.6 is 11.6 Å². The van der Waals surface area contributed by atoms with Crippen molar-refractivity contribution in [2.24, 2.45) is 0 Å². The molecule has 39 heavy (non-hydrogen) atoms. The summed E-state index contributed by atoms with van der Waals surface area (Å²) in [6.07, 6.45) is 5.82. The van der Waals surface area contributed by atoms with Crippen LogP contribution in [0.4, 0.5) is 0 Å². The summed E-state index contributed by atoms with van der Waals surface area (Å²) in [7, 11) is 0. The van der Waals surface area contributed by atoms with Gasteiger partial charge in [-0.2, -0.15) is 0 Å². The number of pyridine rings is 1. The highest BCUT2D eigenvalue weighted by Crippen LogP contribution is 2.28. The van der Waals surface area contributed by atoms with Crippen LogP contribution in [0, 0.1) is 0 Å². The molecule has 0 saturated heterocycles. The van der Waals surface area contributed by atoms with Crippen molar-refractivity contribution < 1.29 is 24.5 Å². The number of hydrogen-bond donors (Lipinski definition) is 2. The van der Waals surface area contributed by atoms with Crippen LogP contribution in [0.2, 0.25) is 5.02 Å². The maximum atomic E-state index is 12.0. The molecular formula is C31H25ClN2O5. The van der Waals surface area contributed by atoms with Gasteiger partial charge in [-0.3, -0.25) is 4.79 Å². The van der Waals surface area contributed by atoms with E-state index in [9.17, 15) is 14.7 Å². The van der Waals surface area contributed by atoms with Crippen molar-refractivity contribution in [2.45, 2.75) is 26.0 Å². The summed E-state index contributed by atoms with van der Waals surface area (Å²) in [4.78, 5) is 27.5. The van der Waals surface area contributed by atoms with Crippen molar-refractivity contribution in [3.05, 3.63) is 106 Å². The highest BCUT2D eigenvalue weighted by molar-refractivity contribution is 6.31. The van der Waals surface area contributed by atoms with E-state index in [0.29, 0.717) is 35.7 Å². The van der Waals surface area contributed by atoms with Crippen LogP contribution in [0.5, 0.6) is 5.75 Å². The molecule has 0 radical (unpaired) electrons. The second-order valence-electron chi connectivity index (χ2n) is 9.11. The van der Waals surface area contributed by atoms with E-state index in [0.717, 1.165) is 33.2 Å². The van der Waals surface area contributed by atoms with Crippen LogP contribution in [-0.2, 0) is 17.9 Å². The molecule has 196 valence electrons. The molecule has 0 unspecified atom stereocenters. The number of nitrogens with zero attached hydrogens (tertiary/aromatic N) is 2. The van der Waals surface area contributed by atoms with Gasteiger partial charge in [0, 0.05) is 40.5 Å². The average Bonchev–Trinajstić information content (AvgIpc) is 3.30. The molecule has 0 atom stereocenters. The summed E-state index contributed by atoms with van der Waals surface area (Å²) in [5, 5.41) is 21.0. The zero-order valence-electron chi connectivity index (χ0n) is 20.9. The first-order valence-corrected chi connectivity index (χ1v) is 12.8. The van der Waals surface area contributed by atoms with Gasteiger partial charge in [0.25, 0.3) is 0 Å². The fourth-order valence-corrected chi connectivity index (χ4v) is 4.66. The van der Waals surface area contributed by atoms with E-state index in [2.05, 4.69) is 4.98 Å². The molecule has 2 N–H and O–H groups in total. The average molecular weight is 541 g/mol. The number of halogens is 1. The van der Waals surface area contributed by atoms with E-state index >= 15 is 0 Å². The van der Waals surface area contributed by atoms with Crippen molar-refractivity contribution in [1.29, 1.82) is 0 Å². The highest BCUT2D eigenvalue weighted by atomic mass is 35.5. The van der Waals surface area contributed by atoms with Gasteiger partial charge < -0.3 is 19.5 Å². The lowest BCUT2D eigenvalue weighted by molar-refractivity contribution is -0.137. The normalized spacial score (nSPS) is 11.4. The molecule has 3 aromatic carbocycles. The van der Waals surface area contributed by atoms with Crippen molar-refractivity contribution in [3.63, 3.8) is 0 Å². The van der Waals surface area contributed by atoms with Crippen molar-refractivity contribution in [1.82, 2.24) is 9.55 Å². The molecule has 0 bridgehead atoms. The minimum Gasteiger partial charge on any atom is -0.487 e. The largest absolute Gasteiger partial charge is 0.487 e. The molecule has 8 heteroatoms. The van der Waals surface area contributed by atoms with E-state index < -0.39 is 11.9 Å². The number of aromatic carboxylic acids is 1. The third-order valence-electron chi connectivity index (χ3n) is 6.39. The Morgan fingerprint density at radius 1 is 0.974 bits per heavy atom. The number of aryl methyl sites for hydroxylation is 1. The minimum absolute atomic E-state index is 0.0228. The number of aliphatic carboxylic acids is 1. The summed E-state index contributed by atoms with van der Waals surface area (Å²) in [5.41, 5.74) is 4.26. The van der Waals surface area contributed by atoms with Gasteiger partial charge in [-0.1, -0.05) is 60.2 Å². The number of carboxylic acid groups (broad SMARTS) is 2. The van der Waals surface area contributed by atoms with Crippen LogP contribution in [0.25, 0.3) is 34.0 Å². The summed E-state index contributed by atoms with van der Waals surface area (Å²) in [6.45, 7) is 0.744. The number of benzene rings is 3. The standard InChI is InChI=1S/C31H25ClN2O5/c32-23-12-10-21-11-13-24(33-27(21)17-23)19-39-25-14-7-20(8-15-25)6-9-22-3-1-4-28-30(22)26(31(37)38)18-34(28)16-2-5-29(35)36/h1,3-4,6-15,17-18H,2,5,16,19H2,(H,35,36)(H,37,38)/b9-6+. The Hall–Kier alpha value is -4.62. The van der Waals surface area contributed by atoms with Gasteiger partial charge in [0.15, 0.2) is 0 Å². The molecule has 2 heterocycles. The Balaban J connectivity index is 1.30. The van der Waals surface area contributed by atoms with Crippen LogP contribution < -0.4 is 4.74 Å². The number of ether oxygens (including phenoxy) is 1. The molecule has 0 aliphatic carbocycles. The Bertz CT molecular complexity index is 1710. The third-order valence-corrected chi connectivity index (χ3v) is 6.63. The fourth-order valence-electron chi connectivity index (χ4n) is 4.50. The van der Waals surface area contributed by atoms with Crippen molar-refractivity contribution in [3.8, 4) is 5.75 Å². The highest BCUT2D eigenvalue weighted by Gasteiger charge is 2.16. The Labute approximate surface area is 229 Å². The van der Waals surface area contributed by atoms with Gasteiger partial charge in [-0.05, 0) is 53.9 Å². The maximum absolute atomic E-state index is 12.0. The molecule has 0 fully saturated rings. The topological polar surface area (TPSA) is 102 Å². The van der Waals surface area contributed by atoms with E-state index in [-0.39, 0.29) is 12.0 Å². The predicted octanol–water partition coefficient (Wildman–Crippen LogP) is 7.16. The van der Waals surface area contributed by atoms with Gasteiger partial charge in [0.2, 0.25) is 0 Å². The number of rotatable bonds is 10. The Kier molecular flexibility index (Phi) is 7.61. The molecule has 0 saturated carbocycles. The quantitative estimate of drug-likeness (QED) is 0.182. The maximum Gasteiger partial charge on any atom is 0.337 e. The second kappa shape index (κ2) is 11.4. The summed E-state index contributed by atoms with van der Waals surface area (Å²) < 4.78 is 7.72. The third kappa shape index (κ3) is 6.10. The first kappa shape index (κ1) is 26.0. The second-order valence-corrected chi connectivity index (χ2v) is 9.55. The summed E-state index contributed by atoms with van der Waals surface area (Å²) in [6, 6.07) is 22.7. The van der Waals surface area contributed by atoms with Crippen molar-refractivity contribution >= 4 is 57.5 Å². The predicted molar refractivity (Wildman–Crippen MR) is 152 cm³/mol. The monoisotopic (exact) mass is 540 g/mol. The van der Waals surface area contributed by atoms with Gasteiger partial charge in [-0.15, -0.1) is 0 Å². The summed E-state index contributed by atoms with van der Waals surface area (Å²) in [5.74, 6) is -1.20. The zero-order valence-corrected chi connectivity index (χ0v) is 21.6. The number of fused-ring (bicyclic) bond motifs is 2. The molecule has 0 aliphatic heterocycles. The SMILES string of the molecule is O=C(O)CCCn1cc(C(=O)O)c2c(/C=C/c3ccc(OCc4ccc5ccc(Cl)cc5n4)cc3)cccc21. The first-order chi connectivity index (χ1) is 18.9. The molecule has 0 spiro atoms. The Morgan fingerprint density at radius 3 is 2.54 bits per heavy atom. The van der Waals surface area contributed by atoms with Crippen LogP contribution in [0.3, 0.4) is 0 Å². The lowest BCUT2D eigenvalue weighted by Gasteiger charge is -2.07. The lowest BCUT2D eigenvalue weighted by Crippen LogP contribution is -2.01. The molecule has 0 aliphatic rings. The molecule has 7 nitrogen and oxygen atoms in total. The van der Waals surface area contributed by atoms with Crippen LogP contribution in [-0.4, -0.2) is 31.7 Å². The first-order valence-electron chi connectivity index (χ1n) is 12.4. The van der Waals surface area contributed by atoms with E-state index in [4.69, 9.17) is 21.4 Å².